The van der Waals surface area contributed by atoms with Crippen molar-refractivity contribution in [2.45, 2.75) is 50.4 Å². The molecular weight excluding hydrogens is 329 g/mol. The zero-order chi connectivity index (χ0) is 17.5. The SMILES string of the molecule is CCCCC([C@@H]1CN[C@H](Cc2ccccc2C(=O)O)CO1)[PH](=O)O. The van der Waals surface area contributed by atoms with Crippen LogP contribution in [0.25, 0.3) is 0 Å². The smallest absolute Gasteiger partial charge is 0.335 e. The molecule has 1 saturated heterocycles. The number of hydrogen-bond acceptors (Lipinski definition) is 4. The first kappa shape index (κ1) is 19.1. The minimum Gasteiger partial charge on any atom is -0.478 e. The third-order valence-corrected chi connectivity index (χ3v) is 5.76. The van der Waals surface area contributed by atoms with Crippen molar-refractivity contribution in [1.82, 2.24) is 5.32 Å². The van der Waals surface area contributed by atoms with Gasteiger partial charge < -0.3 is 20.1 Å². The van der Waals surface area contributed by atoms with Crippen molar-refractivity contribution < 1.29 is 24.1 Å². The molecule has 1 aliphatic heterocycles. The minimum atomic E-state index is -2.63. The van der Waals surface area contributed by atoms with Gasteiger partial charge in [-0.05, 0) is 24.5 Å². The van der Waals surface area contributed by atoms with Crippen LogP contribution in [0.5, 0.6) is 0 Å². The fourth-order valence-corrected chi connectivity index (χ4v) is 4.08. The summed E-state index contributed by atoms with van der Waals surface area (Å²) in [6, 6.07) is 6.96. The molecule has 0 aliphatic carbocycles. The number of nitrogens with one attached hydrogen (secondary N) is 1. The standard InChI is InChI=1S/C17H26NO5P/c1-2-3-8-16(24(21)22)15-10-18-13(11-23-15)9-12-6-4-5-7-14(12)17(19)20/h4-7,13,15-16,18,24H,2-3,8-11H2,1H3,(H,19,20)(H,21,22)/t13-,15+,16?/m1/s1. The highest BCUT2D eigenvalue weighted by Crippen LogP contribution is 2.32. The Kier molecular flexibility index (Phi) is 7.43. The van der Waals surface area contributed by atoms with Crippen LogP contribution in [0, 0.1) is 0 Å². The lowest BCUT2D eigenvalue weighted by Gasteiger charge is -2.34. The number of morpholine rings is 1. The predicted molar refractivity (Wildman–Crippen MR) is 93.2 cm³/mol. The van der Waals surface area contributed by atoms with E-state index >= 15 is 0 Å². The number of carboxylic acid groups (broad SMARTS) is 1. The van der Waals surface area contributed by atoms with E-state index in [4.69, 9.17) is 4.74 Å². The summed E-state index contributed by atoms with van der Waals surface area (Å²) in [5, 5.41) is 12.6. The molecule has 6 nitrogen and oxygen atoms in total. The fraction of sp³-hybridized carbons (Fsp3) is 0.588. The Hall–Kier alpha value is -1.20. The third-order valence-electron chi connectivity index (χ3n) is 4.47. The van der Waals surface area contributed by atoms with Gasteiger partial charge in [0.15, 0.2) is 8.03 Å². The van der Waals surface area contributed by atoms with E-state index in [1.165, 1.54) is 0 Å². The normalized spacial score (nSPS) is 23.6. The summed E-state index contributed by atoms with van der Waals surface area (Å²) >= 11 is 0. The molecule has 0 radical (unpaired) electrons. The number of rotatable bonds is 8. The molecule has 7 heteroatoms. The van der Waals surface area contributed by atoms with Crippen LogP contribution in [0.4, 0.5) is 0 Å². The van der Waals surface area contributed by atoms with E-state index in [9.17, 15) is 19.4 Å². The summed E-state index contributed by atoms with van der Waals surface area (Å²) in [5.41, 5.74) is 0.764. The summed E-state index contributed by atoms with van der Waals surface area (Å²) in [5.74, 6) is -0.932. The summed E-state index contributed by atoms with van der Waals surface area (Å²) in [4.78, 5) is 20.8. The van der Waals surface area contributed by atoms with Crippen molar-refractivity contribution in [3.63, 3.8) is 0 Å². The van der Waals surface area contributed by atoms with Gasteiger partial charge in [-0.1, -0.05) is 38.0 Å². The molecule has 1 aromatic carbocycles. The van der Waals surface area contributed by atoms with Gasteiger partial charge in [-0.25, -0.2) is 4.79 Å². The van der Waals surface area contributed by atoms with Crippen molar-refractivity contribution in [2.75, 3.05) is 13.2 Å². The zero-order valence-electron chi connectivity index (χ0n) is 13.9. The van der Waals surface area contributed by atoms with Crippen LogP contribution < -0.4 is 5.32 Å². The molecule has 0 amide bonds. The van der Waals surface area contributed by atoms with Crippen LogP contribution in [0.15, 0.2) is 24.3 Å². The number of ether oxygens (including phenoxy) is 1. The molecule has 3 N–H and O–H groups in total. The molecule has 1 heterocycles. The first-order valence-corrected chi connectivity index (χ1v) is 9.85. The Bertz CT molecular complexity index is 572. The van der Waals surface area contributed by atoms with Crippen molar-refractivity contribution in [2.24, 2.45) is 0 Å². The number of hydrogen-bond donors (Lipinski definition) is 3. The molecule has 0 aromatic heterocycles. The lowest BCUT2D eigenvalue weighted by molar-refractivity contribution is -0.000110. The van der Waals surface area contributed by atoms with Gasteiger partial charge in [-0.3, -0.25) is 4.57 Å². The average molecular weight is 355 g/mol. The van der Waals surface area contributed by atoms with E-state index in [0.717, 1.165) is 18.4 Å². The van der Waals surface area contributed by atoms with Crippen LogP contribution in [0.1, 0.15) is 42.1 Å². The van der Waals surface area contributed by atoms with Crippen molar-refractivity contribution in [3.8, 4) is 0 Å². The van der Waals surface area contributed by atoms with Gasteiger partial charge in [-0.2, -0.15) is 0 Å². The van der Waals surface area contributed by atoms with Gasteiger partial charge in [0, 0.05) is 12.6 Å². The Balaban J connectivity index is 1.93. The molecule has 0 saturated carbocycles. The molecule has 2 unspecified atom stereocenters. The number of unbranched alkanes of at least 4 members (excludes halogenated alkanes) is 1. The fourth-order valence-electron chi connectivity index (χ4n) is 3.09. The highest BCUT2D eigenvalue weighted by Gasteiger charge is 2.31. The predicted octanol–water partition coefficient (Wildman–Crippen LogP) is 2.31. The molecule has 134 valence electrons. The number of carboxylic acids is 1. The molecule has 0 bridgehead atoms. The van der Waals surface area contributed by atoms with Gasteiger partial charge in [0.2, 0.25) is 0 Å². The van der Waals surface area contributed by atoms with Crippen LogP contribution in [-0.2, 0) is 15.7 Å². The highest BCUT2D eigenvalue weighted by molar-refractivity contribution is 7.39. The summed E-state index contributed by atoms with van der Waals surface area (Å²) in [7, 11) is -2.63. The summed E-state index contributed by atoms with van der Waals surface area (Å²) in [6.45, 7) is 2.99. The number of carbonyl (C=O) groups is 1. The number of benzene rings is 1. The lowest BCUT2D eigenvalue weighted by Crippen LogP contribution is -2.50. The van der Waals surface area contributed by atoms with Crippen LogP contribution in [0.2, 0.25) is 0 Å². The van der Waals surface area contributed by atoms with E-state index in [2.05, 4.69) is 12.2 Å². The van der Waals surface area contributed by atoms with Crippen LogP contribution >= 0.6 is 8.03 Å². The highest BCUT2D eigenvalue weighted by atomic mass is 31.1. The first-order valence-electron chi connectivity index (χ1n) is 8.42. The molecule has 0 spiro atoms. The molecule has 24 heavy (non-hydrogen) atoms. The van der Waals surface area contributed by atoms with Crippen LogP contribution in [-0.4, -0.2) is 46.9 Å². The van der Waals surface area contributed by atoms with E-state index < -0.39 is 14.0 Å². The van der Waals surface area contributed by atoms with Crippen molar-refractivity contribution >= 4 is 14.0 Å². The zero-order valence-corrected chi connectivity index (χ0v) is 14.9. The maximum Gasteiger partial charge on any atom is 0.335 e. The Labute approximate surface area is 143 Å². The first-order chi connectivity index (χ1) is 11.5. The largest absolute Gasteiger partial charge is 0.478 e. The second-order valence-corrected chi connectivity index (χ2v) is 7.65. The molecular formula is C17H26NO5P. The average Bonchev–Trinajstić information content (AvgIpc) is 2.56. The maximum atomic E-state index is 11.6. The quantitative estimate of drug-likeness (QED) is 0.620. The summed E-state index contributed by atoms with van der Waals surface area (Å²) < 4.78 is 17.4. The second kappa shape index (κ2) is 9.33. The van der Waals surface area contributed by atoms with Crippen LogP contribution in [0.3, 0.4) is 0 Å². The molecule has 1 aliphatic rings. The lowest BCUT2D eigenvalue weighted by atomic mass is 9.99. The van der Waals surface area contributed by atoms with E-state index in [0.29, 0.717) is 31.6 Å². The van der Waals surface area contributed by atoms with E-state index in [1.54, 1.807) is 12.1 Å². The topological polar surface area (TPSA) is 95.9 Å². The summed E-state index contributed by atoms with van der Waals surface area (Å²) in [6.07, 6.45) is 2.91. The van der Waals surface area contributed by atoms with Gasteiger partial charge in [0.25, 0.3) is 0 Å². The van der Waals surface area contributed by atoms with Gasteiger partial charge in [-0.15, -0.1) is 0 Å². The van der Waals surface area contributed by atoms with Gasteiger partial charge in [0.1, 0.15) is 0 Å². The maximum absolute atomic E-state index is 11.6. The van der Waals surface area contributed by atoms with Crippen molar-refractivity contribution in [3.05, 3.63) is 35.4 Å². The molecule has 1 fully saturated rings. The monoisotopic (exact) mass is 355 g/mol. The second-order valence-electron chi connectivity index (χ2n) is 6.23. The third kappa shape index (κ3) is 5.15. The molecule has 4 atom stereocenters. The van der Waals surface area contributed by atoms with E-state index in [1.807, 2.05) is 12.1 Å². The van der Waals surface area contributed by atoms with Gasteiger partial charge in [0.05, 0.1) is 23.9 Å². The van der Waals surface area contributed by atoms with Gasteiger partial charge >= 0.3 is 5.97 Å². The molecule has 2 rings (SSSR count). The Morgan fingerprint density at radius 2 is 2.21 bits per heavy atom. The Morgan fingerprint density at radius 3 is 2.79 bits per heavy atom. The molecule has 1 aromatic rings. The number of aromatic carboxylic acids is 1. The Morgan fingerprint density at radius 1 is 1.46 bits per heavy atom. The van der Waals surface area contributed by atoms with E-state index in [-0.39, 0.29) is 17.8 Å². The minimum absolute atomic E-state index is 0.00888. The van der Waals surface area contributed by atoms with Crippen molar-refractivity contribution in [1.29, 1.82) is 0 Å².